The van der Waals surface area contributed by atoms with Crippen molar-refractivity contribution in [3.63, 3.8) is 0 Å². The van der Waals surface area contributed by atoms with E-state index in [1.165, 1.54) is 6.07 Å². The number of hydrogen-bond acceptors (Lipinski definition) is 2. The van der Waals surface area contributed by atoms with E-state index in [9.17, 15) is 13.6 Å². The Bertz CT molecular complexity index is 447. The van der Waals surface area contributed by atoms with Crippen LogP contribution in [0.3, 0.4) is 0 Å². The molecular formula is C13H16F2N2O. The van der Waals surface area contributed by atoms with Crippen LogP contribution in [0.5, 0.6) is 0 Å². The zero-order chi connectivity index (χ0) is 13.1. The normalized spacial score (nSPS) is 15.3. The van der Waals surface area contributed by atoms with Crippen molar-refractivity contribution in [2.75, 3.05) is 19.6 Å². The summed E-state index contributed by atoms with van der Waals surface area (Å²) in [5.41, 5.74) is 0.203. The molecule has 98 valence electrons. The second-order valence-corrected chi connectivity index (χ2v) is 4.44. The summed E-state index contributed by atoms with van der Waals surface area (Å²) in [5, 5.41) is 3.10. The molecule has 1 heterocycles. The van der Waals surface area contributed by atoms with Gasteiger partial charge in [0.15, 0.2) is 11.6 Å². The van der Waals surface area contributed by atoms with E-state index in [1.54, 1.807) is 4.90 Å². The first kappa shape index (κ1) is 13.0. The number of carbonyl (C=O) groups excluding carboxylic acids is 1. The van der Waals surface area contributed by atoms with Crippen molar-refractivity contribution in [2.24, 2.45) is 0 Å². The van der Waals surface area contributed by atoms with Crippen molar-refractivity contribution in [1.82, 2.24) is 10.2 Å². The molecule has 0 aliphatic carbocycles. The van der Waals surface area contributed by atoms with Crippen molar-refractivity contribution in [1.29, 1.82) is 0 Å². The highest BCUT2D eigenvalue weighted by atomic mass is 19.2. The van der Waals surface area contributed by atoms with Gasteiger partial charge >= 0.3 is 0 Å². The van der Waals surface area contributed by atoms with Crippen LogP contribution >= 0.6 is 0 Å². The van der Waals surface area contributed by atoms with Gasteiger partial charge in [0.2, 0.25) is 0 Å². The van der Waals surface area contributed by atoms with Crippen LogP contribution in [-0.2, 0) is 0 Å². The molecule has 1 N–H and O–H groups in total. The smallest absolute Gasteiger partial charge is 0.254 e. The van der Waals surface area contributed by atoms with E-state index in [-0.39, 0.29) is 17.5 Å². The van der Waals surface area contributed by atoms with Crippen molar-refractivity contribution < 1.29 is 13.6 Å². The maximum Gasteiger partial charge on any atom is 0.254 e. The van der Waals surface area contributed by atoms with Crippen molar-refractivity contribution >= 4 is 5.91 Å². The summed E-state index contributed by atoms with van der Waals surface area (Å²) in [7, 11) is 0. The van der Waals surface area contributed by atoms with Crippen molar-refractivity contribution in [3.8, 4) is 0 Å². The lowest BCUT2D eigenvalue weighted by atomic mass is 10.1. The molecule has 3 nitrogen and oxygen atoms in total. The standard InChI is InChI=1S/C13H16F2N2O/c1-2-5-17(10-7-16-8-10)13(18)9-3-4-11(14)12(15)6-9/h3-4,6,10,16H,2,5,7-8H2,1H3. The van der Waals surface area contributed by atoms with Gasteiger partial charge < -0.3 is 10.2 Å². The zero-order valence-electron chi connectivity index (χ0n) is 10.2. The van der Waals surface area contributed by atoms with Gasteiger partial charge in [-0.25, -0.2) is 8.78 Å². The predicted octanol–water partition coefficient (Wildman–Crippen LogP) is 1.79. The van der Waals surface area contributed by atoms with Gasteiger partial charge in [-0.15, -0.1) is 0 Å². The van der Waals surface area contributed by atoms with Gasteiger partial charge in [0.05, 0.1) is 6.04 Å². The molecule has 5 heteroatoms. The molecule has 1 aliphatic rings. The molecule has 2 rings (SSSR count). The predicted molar refractivity (Wildman–Crippen MR) is 64.3 cm³/mol. The minimum atomic E-state index is -0.982. The summed E-state index contributed by atoms with van der Waals surface area (Å²) < 4.78 is 26.0. The molecule has 1 aromatic carbocycles. The molecule has 0 atom stereocenters. The third-order valence-corrected chi connectivity index (χ3v) is 3.09. The molecule has 18 heavy (non-hydrogen) atoms. The Morgan fingerprint density at radius 1 is 1.39 bits per heavy atom. The summed E-state index contributed by atoms with van der Waals surface area (Å²) in [6.07, 6.45) is 0.839. The highest BCUT2D eigenvalue weighted by Gasteiger charge is 2.28. The monoisotopic (exact) mass is 254 g/mol. The molecule has 1 aliphatic heterocycles. The van der Waals surface area contributed by atoms with Gasteiger partial charge in [-0.2, -0.15) is 0 Å². The number of carbonyl (C=O) groups is 1. The maximum absolute atomic E-state index is 13.1. The third-order valence-electron chi connectivity index (χ3n) is 3.09. The maximum atomic E-state index is 13.1. The van der Waals surface area contributed by atoms with Gasteiger partial charge in [0, 0.05) is 25.2 Å². The first-order valence-corrected chi connectivity index (χ1v) is 6.10. The topological polar surface area (TPSA) is 32.3 Å². The average Bonchev–Trinajstić information content (AvgIpc) is 2.29. The summed E-state index contributed by atoms with van der Waals surface area (Å²) in [6.45, 7) is 4.13. The number of nitrogens with one attached hydrogen (secondary N) is 1. The van der Waals surface area contributed by atoms with E-state index in [0.717, 1.165) is 31.6 Å². The van der Waals surface area contributed by atoms with E-state index >= 15 is 0 Å². The summed E-state index contributed by atoms with van der Waals surface area (Å²) >= 11 is 0. The second kappa shape index (κ2) is 5.44. The SMILES string of the molecule is CCCN(C(=O)c1ccc(F)c(F)c1)C1CNC1. The third kappa shape index (κ3) is 2.51. The van der Waals surface area contributed by atoms with Gasteiger partial charge in [0.25, 0.3) is 5.91 Å². The van der Waals surface area contributed by atoms with Gasteiger partial charge in [-0.1, -0.05) is 6.92 Å². The van der Waals surface area contributed by atoms with E-state index < -0.39 is 11.6 Å². The van der Waals surface area contributed by atoms with Crippen LogP contribution in [0.15, 0.2) is 18.2 Å². The molecule has 0 unspecified atom stereocenters. The Labute approximate surface area is 105 Å². The largest absolute Gasteiger partial charge is 0.333 e. The Morgan fingerprint density at radius 3 is 2.61 bits per heavy atom. The lowest BCUT2D eigenvalue weighted by Gasteiger charge is -2.38. The lowest BCUT2D eigenvalue weighted by molar-refractivity contribution is 0.0615. The van der Waals surface area contributed by atoms with Crippen LogP contribution < -0.4 is 5.32 Å². The summed E-state index contributed by atoms with van der Waals surface area (Å²) in [5.74, 6) is -2.15. The van der Waals surface area contributed by atoms with Crippen molar-refractivity contribution in [2.45, 2.75) is 19.4 Å². The highest BCUT2D eigenvalue weighted by molar-refractivity contribution is 5.94. The first-order valence-electron chi connectivity index (χ1n) is 6.10. The zero-order valence-corrected chi connectivity index (χ0v) is 10.2. The minimum Gasteiger partial charge on any atom is -0.333 e. The molecule has 0 bridgehead atoms. The fourth-order valence-corrected chi connectivity index (χ4v) is 1.98. The van der Waals surface area contributed by atoms with E-state index in [0.29, 0.717) is 6.54 Å². The molecule has 1 fully saturated rings. The fraction of sp³-hybridized carbons (Fsp3) is 0.462. The number of amides is 1. The molecular weight excluding hydrogens is 238 g/mol. The van der Waals surface area contributed by atoms with Crippen LogP contribution in [0.25, 0.3) is 0 Å². The average molecular weight is 254 g/mol. The lowest BCUT2D eigenvalue weighted by Crippen LogP contribution is -2.59. The van der Waals surface area contributed by atoms with Gasteiger partial charge in [-0.05, 0) is 24.6 Å². The molecule has 1 saturated heterocycles. The van der Waals surface area contributed by atoms with E-state index in [2.05, 4.69) is 5.32 Å². The van der Waals surface area contributed by atoms with Gasteiger partial charge in [0.1, 0.15) is 0 Å². The molecule has 0 aromatic heterocycles. The molecule has 0 spiro atoms. The van der Waals surface area contributed by atoms with Crippen LogP contribution in [0.4, 0.5) is 8.78 Å². The van der Waals surface area contributed by atoms with Crippen LogP contribution in [0.2, 0.25) is 0 Å². The van der Waals surface area contributed by atoms with Crippen LogP contribution in [0, 0.1) is 11.6 Å². The number of halogens is 2. The Hall–Kier alpha value is -1.49. The number of benzene rings is 1. The summed E-state index contributed by atoms with van der Waals surface area (Å²) in [6, 6.07) is 3.44. The van der Waals surface area contributed by atoms with E-state index in [4.69, 9.17) is 0 Å². The van der Waals surface area contributed by atoms with Gasteiger partial charge in [-0.3, -0.25) is 4.79 Å². The Morgan fingerprint density at radius 2 is 2.11 bits per heavy atom. The Balaban J connectivity index is 2.18. The molecule has 1 amide bonds. The van der Waals surface area contributed by atoms with Crippen LogP contribution in [0.1, 0.15) is 23.7 Å². The highest BCUT2D eigenvalue weighted by Crippen LogP contribution is 2.15. The molecule has 1 aromatic rings. The van der Waals surface area contributed by atoms with Crippen molar-refractivity contribution in [3.05, 3.63) is 35.4 Å². The second-order valence-electron chi connectivity index (χ2n) is 4.44. The van der Waals surface area contributed by atoms with E-state index in [1.807, 2.05) is 6.92 Å². The molecule has 0 radical (unpaired) electrons. The number of rotatable bonds is 4. The Kier molecular flexibility index (Phi) is 3.91. The fourth-order valence-electron chi connectivity index (χ4n) is 1.98. The quantitative estimate of drug-likeness (QED) is 0.888. The minimum absolute atomic E-state index is 0.158. The first-order chi connectivity index (χ1) is 8.63. The molecule has 0 saturated carbocycles. The summed E-state index contributed by atoms with van der Waals surface area (Å²) in [4.78, 5) is 14.0. The number of nitrogens with zero attached hydrogens (tertiary/aromatic N) is 1. The number of hydrogen-bond donors (Lipinski definition) is 1. The van der Waals surface area contributed by atoms with Crippen LogP contribution in [-0.4, -0.2) is 36.5 Å².